The zero-order chi connectivity index (χ0) is 13.7. The predicted molar refractivity (Wildman–Crippen MR) is 83.7 cm³/mol. The lowest BCUT2D eigenvalue weighted by molar-refractivity contribution is 0.871. The first kappa shape index (κ1) is 12.2. The van der Waals surface area contributed by atoms with E-state index in [1.165, 1.54) is 12.8 Å². The van der Waals surface area contributed by atoms with Crippen molar-refractivity contribution in [2.75, 3.05) is 0 Å². The summed E-state index contributed by atoms with van der Waals surface area (Å²) >= 11 is 8.86. The Balaban J connectivity index is 2.03. The number of nitrogens with zero attached hydrogens (tertiary/aromatic N) is 3. The van der Waals surface area contributed by atoms with Crippen molar-refractivity contribution in [3.63, 3.8) is 0 Å². The largest absolute Gasteiger partial charge is 0.270 e. The molecule has 0 unspecified atom stereocenters. The number of aromatic amines is 1. The quantitative estimate of drug-likeness (QED) is 0.710. The number of rotatable bonds is 2. The molecule has 0 spiro atoms. The Bertz CT molecular complexity index is 863. The number of para-hydroxylation sites is 1. The second-order valence-electron chi connectivity index (χ2n) is 5.00. The normalized spacial score (nSPS) is 14.8. The smallest absolute Gasteiger partial charge is 0.199 e. The van der Waals surface area contributed by atoms with Crippen LogP contribution in [0.2, 0.25) is 0 Å². The SMILES string of the molecule is S=c1[nH]nc(C2CC2)n1-c1cccc2cc(Br)cnc12. The number of H-pyrrole nitrogens is 1. The van der Waals surface area contributed by atoms with Crippen LogP contribution in [0.1, 0.15) is 24.6 Å². The van der Waals surface area contributed by atoms with Crippen LogP contribution in [-0.2, 0) is 0 Å². The van der Waals surface area contributed by atoms with Gasteiger partial charge in [0, 0.05) is 22.0 Å². The molecule has 0 atom stereocenters. The Kier molecular flexibility index (Phi) is 2.75. The molecular weight excluding hydrogens is 336 g/mol. The molecule has 4 rings (SSSR count). The Morgan fingerprint density at radius 1 is 1.35 bits per heavy atom. The second-order valence-corrected chi connectivity index (χ2v) is 6.30. The number of fused-ring (bicyclic) bond motifs is 1. The summed E-state index contributed by atoms with van der Waals surface area (Å²) in [5.41, 5.74) is 1.94. The van der Waals surface area contributed by atoms with Crippen molar-refractivity contribution in [3.8, 4) is 5.69 Å². The third kappa shape index (κ3) is 1.91. The molecule has 20 heavy (non-hydrogen) atoms. The summed E-state index contributed by atoms with van der Waals surface area (Å²) in [5, 5.41) is 8.38. The van der Waals surface area contributed by atoms with Crippen LogP contribution in [0.5, 0.6) is 0 Å². The van der Waals surface area contributed by atoms with E-state index in [-0.39, 0.29) is 0 Å². The van der Waals surface area contributed by atoms with Gasteiger partial charge >= 0.3 is 0 Å². The molecule has 0 saturated heterocycles. The number of benzene rings is 1. The van der Waals surface area contributed by atoms with Crippen molar-refractivity contribution in [3.05, 3.63) is 45.5 Å². The molecule has 3 aromatic rings. The lowest BCUT2D eigenvalue weighted by atomic mass is 10.2. The first-order valence-corrected chi connectivity index (χ1v) is 7.66. The van der Waals surface area contributed by atoms with Gasteiger partial charge in [0.15, 0.2) is 4.77 Å². The molecule has 1 N–H and O–H groups in total. The van der Waals surface area contributed by atoms with Gasteiger partial charge in [0.25, 0.3) is 0 Å². The van der Waals surface area contributed by atoms with Gasteiger partial charge in [0.1, 0.15) is 5.82 Å². The maximum atomic E-state index is 5.40. The summed E-state index contributed by atoms with van der Waals surface area (Å²) in [5.74, 6) is 1.54. The van der Waals surface area contributed by atoms with Gasteiger partial charge in [-0.3, -0.25) is 14.6 Å². The number of hydrogen-bond donors (Lipinski definition) is 1. The fraction of sp³-hybridized carbons (Fsp3) is 0.214. The fourth-order valence-corrected chi connectivity index (χ4v) is 3.04. The second kappa shape index (κ2) is 4.49. The standard InChI is InChI=1S/C14H11BrN4S/c15-10-6-9-2-1-3-11(12(9)16-7-10)19-13(8-4-5-8)17-18-14(19)20/h1-3,6-8H,4-5H2,(H,18,20). The number of halogens is 1. The summed E-state index contributed by atoms with van der Waals surface area (Å²) < 4.78 is 3.63. The maximum absolute atomic E-state index is 5.40. The molecule has 0 bridgehead atoms. The van der Waals surface area contributed by atoms with Crippen molar-refractivity contribution in [2.24, 2.45) is 0 Å². The van der Waals surface area contributed by atoms with Crippen LogP contribution in [0, 0.1) is 4.77 Å². The van der Waals surface area contributed by atoms with Crippen LogP contribution in [-0.4, -0.2) is 19.7 Å². The lowest BCUT2D eigenvalue weighted by Gasteiger charge is -2.09. The molecule has 1 aliphatic rings. The maximum Gasteiger partial charge on any atom is 0.199 e. The van der Waals surface area contributed by atoms with E-state index in [1.807, 2.05) is 22.9 Å². The molecule has 2 aromatic heterocycles. The van der Waals surface area contributed by atoms with Crippen LogP contribution in [0.4, 0.5) is 0 Å². The number of nitrogens with one attached hydrogen (secondary N) is 1. The van der Waals surface area contributed by atoms with Gasteiger partial charge < -0.3 is 0 Å². The van der Waals surface area contributed by atoms with E-state index in [1.54, 1.807) is 0 Å². The monoisotopic (exact) mass is 346 g/mol. The zero-order valence-corrected chi connectivity index (χ0v) is 12.9. The molecule has 6 heteroatoms. The van der Waals surface area contributed by atoms with Gasteiger partial charge in [-0.2, -0.15) is 5.10 Å². The Morgan fingerprint density at radius 2 is 2.20 bits per heavy atom. The van der Waals surface area contributed by atoms with Gasteiger partial charge in [-0.05, 0) is 53.1 Å². The molecule has 2 heterocycles. The topological polar surface area (TPSA) is 46.5 Å². The van der Waals surface area contributed by atoms with E-state index in [0.717, 1.165) is 26.9 Å². The molecule has 1 aromatic carbocycles. The summed E-state index contributed by atoms with van der Waals surface area (Å²) in [6, 6.07) is 8.18. The minimum absolute atomic E-state index is 0.522. The van der Waals surface area contributed by atoms with E-state index < -0.39 is 0 Å². The van der Waals surface area contributed by atoms with Gasteiger partial charge in [-0.1, -0.05) is 12.1 Å². The highest BCUT2D eigenvalue weighted by Gasteiger charge is 2.29. The van der Waals surface area contributed by atoms with Gasteiger partial charge in [-0.25, -0.2) is 0 Å². The van der Waals surface area contributed by atoms with E-state index in [2.05, 4.69) is 43.2 Å². The molecule has 1 saturated carbocycles. The van der Waals surface area contributed by atoms with Gasteiger partial charge in [0.2, 0.25) is 0 Å². The van der Waals surface area contributed by atoms with Gasteiger partial charge in [-0.15, -0.1) is 0 Å². The molecule has 1 fully saturated rings. The number of aromatic nitrogens is 4. The third-order valence-corrected chi connectivity index (χ3v) is 4.25. The first-order chi connectivity index (χ1) is 9.74. The molecule has 0 amide bonds. The first-order valence-electron chi connectivity index (χ1n) is 6.46. The van der Waals surface area contributed by atoms with E-state index in [0.29, 0.717) is 10.7 Å². The van der Waals surface area contributed by atoms with Crippen molar-refractivity contribution in [1.29, 1.82) is 0 Å². The Hall–Kier alpha value is -1.53. The van der Waals surface area contributed by atoms with Crippen molar-refractivity contribution < 1.29 is 0 Å². The summed E-state index contributed by atoms with van der Waals surface area (Å²) in [4.78, 5) is 4.54. The lowest BCUT2D eigenvalue weighted by Crippen LogP contribution is -2.01. The van der Waals surface area contributed by atoms with Crippen LogP contribution in [0.25, 0.3) is 16.6 Å². The van der Waals surface area contributed by atoms with E-state index in [4.69, 9.17) is 12.2 Å². The van der Waals surface area contributed by atoms with E-state index >= 15 is 0 Å². The Morgan fingerprint density at radius 3 is 3.00 bits per heavy atom. The van der Waals surface area contributed by atoms with E-state index in [9.17, 15) is 0 Å². The minimum atomic E-state index is 0.522. The number of pyridine rings is 1. The molecule has 4 nitrogen and oxygen atoms in total. The number of hydrogen-bond acceptors (Lipinski definition) is 3. The highest BCUT2D eigenvalue weighted by atomic mass is 79.9. The highest BCUT2D eigenvalue weighted by molar-refractivity contribution is 9.10. The molecular formula is C14H11BrN4S. The average Bonchev–Trinajstić information content (AvgIpc) is 3.21. The third-order valence-electron chi connectivity index (χ3n) is 3.54. The molecule has 100 valence electrons. The van der Waals surface area contributed by atoms with Crippen molar-refractivity contribution >= 4 is 39.1 Å². The van der Waals surface area contributed by atoms with Gasteiger partial charge in [0.05, 0.1) is 11.2 Å². The molecule has 0 aliphatic heterocycles. The minimum Gasteiger partial charge on any atom is -0.270 e. The zero-order valence-electron chi connectivity index (χ0n) is 10.5. The average molecular weight is 347 g/mol. The van der Waals surface area contributed by atoms with Crippen molar-refractivity contribution in [2.45, 2.75) is 18.8 Å². The summed E-state index contributed by atoms with van der Waals surface area (Å²) in [7, 11) is 0. The molecule has 0 radical (unpaired) electrons. The van der Waals surface area contributed by atoms with Crippen LogP contribution < -0.4 is 0 Å². The Labute approximate surface area is 129 Å². The summed E-state index contributed by atoms with van der Waals surface area (Å²) in [6.07, 6.45) is 4.18. The van der Waals surface area contributed by atoms with Crippen LogP contribution in [0.15, 0.2) is 34.9 Å². The molecule has 1 aliphatic carbocycles. The highest BCUT2D eigenvalue weighted by Crippen LogP contribution is 2.40. The van der Waals surface area contributed by atoms with Crippen LogP contribution in [0.3, 0.4) is 0 Å². The van der Waals surface area contributed by atoms with Crippen molar-refractivity contribution in [1.82, 2.24) is 19.7 Å². The fourth-order valence-electron chi connectivity index (χ4n) is 2.46. The van der Waals surface area contributed by atoms with Crippen LogP contribution >= 0.6 is 28.1 Å². The summed E-state index contributed by atoms with van der Waals surface area (Å²) in [6.45, 7) is 0. The predicted octanol–water partition coefficient (Wildman–Crippen LogP) is 4.12.